The zero-order chi connectivity index (χ0) is 17.2. The van der Waals surface area contributed by atoms with Crippen molar-refractivity contribution >= 4 is 28.2 Å². The zero-order valence-electron chi connectivity index (χ0n) is 13.7. The number of para-hydroxylation sites is 2. The minimum Gasteiger partial charge on any atom is -0.426 e. The Kier molecular flexibility index (Phi) is 3.70. The molecule has 0 unspecified atom stereocenters. The standard InChI is InChI=1S/C19H17N5O/c1-12-10-11-21-18(17(12)20)22-13-6-8-14(9-7-13)25-19-23-15-4-2-3-5-16(15)24-19/h2-11H,20H2,1H3,(H,21,22)(H,23,24). The van der Waals surface area contributed by atoms with Gasteiger partial charge in [0.1, 0.15) is 5.75 Å². The summed E-state index contributed by atoms with van der Waals surface area (Å²) in [5, 5.41) is 3.21. The average molecular weight is 331 g/mol. The van der Waals surface area contributed by atoms with Crippen LogP contribution in [0.4, 0.5) is 17.2 Å². The van der Waals surface area contributed by atoms with Gasteiger partial charge < -0.3 is 20.8 Å². The summed E-state index contributed by atoms with van der Waals surface area (Å²) in [6, 6.07) is 17.7. The normalized spacial score (nSPS) is 10.8. The minimum atomic E-state index is 0.464. The predicted octanol–water partition coefficient (Wildman–Crippen LogP) is 4.38. The molecule has 25 heavy (non-hydrogen) atoms. The number of anilines is 3. The number of imidazole rings is 1. The number of nitrogen functional groups attached to an aromatic ring is 1. The SMILES string of the molecule is Cc1ccnc(Nc2ccc(Oc3nc4ccccc4[nH]3)cc2)c1N. The number of nitrogens with zero attached hydrogens (tertiary/aromatic N) is 2. The molecule has 0 radical (unpaired) electrons. The maximum atomic E-state index is 6.04. The fourth-order valence-electron chi connectivity index (χ4n) is 2.50. The lowest BCUT2D eigenvalue weighted by Crippen LogP contribution is -2.00. The van der Waals surface area contributed by atoms with Crippen molar-refractivity contribution in [2.24, 2.45) is 0 Å². The number of nitrogens with one attached hydrogen (secondary N) is 2. The van der Waals surface area contributed by atoms with Gasteiger partial charge in [-0.25, -0.2) is 4.98 Å². The molecule has 124 valence electrons. The van der Waals surface area contributed by atoms with Gasteiger partial charge >= 0.3 is 0 Å². The molecule has 0 spiro atoms. The molecule has 4 rings (SSSR count). The van der Waals surface area contributed by atoms with E-state index in [2.05, 4.69) is 20.3 Å². The van der Waals surface area contributed by atoms with Crippen molar-refractivity contribution < 1.29 is 4.74 Å². The second kappa shape index (κ2) is 6.16. The van der Waals surface area contributed by atoms with Gasteiger partial charge in [0, 0.05) is 11.9 Å². The molecule has 4 aromatic rings. The van der Waals surface area contributed by atoms with Crippen LogP contribution in [-0.4, -0.2) is 15.0 Å². The Balaban J connectivity index is 1.50. The molecule has 0 aliphatic carbocycles. The van der Waals surface area contributed by atoms with Crippen molar-refractivity contribution in [3.63, 3.8) is 0 Å². The van der Waals surface area contributed by atoms with Crippen LogP contribution in [0.5, 0.6) is 11.8 Å². The van der Waals surface area contributed by atoms with Gasteiger partial charge in [-0.15, -0.1) is 0 Å². The molecular formula is C19H17N5O. The van der Waals surface area contributed by atoms with Crippen LogP contribution in [0.2, 0.25) is 0 Å². The number of hydrogen-bond donors (Lipinski definition) is 3. The first-order valence-electron chi connectivity index (χ1n) is 7.90. The Morgan fingerprint density at radius 1 is 1.04 bits per heavy atom. The number of ether oxygens (including phenoxy) is 1. The molecule has 0 aliphatic rings. The monoisotopic (exact) mass is 331 g/mol. The lowest BCUT2D eigenvalue weighted by Gasteiger charge is -2.10. The third-order valence-electron chi connectivity index (χ3n) is 3.91. The molecule has 6 nitrogen and oxygen atoms in total. The summed E-state index contributed by atoms with van der Waals surface area (Å²) in [6.07, 6.45) is 1.73. The fraction of sp³-hybridized carbons (Fsp3) is 0.0526. The van der Waals surface area contributed by atoms with Gasteiger partial charge in [-0.1, -0.05) is 12.1 Å². The molecule has 2 heterocycles. The largest absolute Gasteiger partial charge is 0.426 e. The van der Waals surface area contributed by atoms with Crippen molar-refractivity contribution in [1.29, 1.82) is 0 Å². The quantitative estimate of drug-likeness (QED) is 0.516. The van der Waals surface area contributed by atoms with E-state index in [0.29, 0.717) is 23.3 Å². The Morgan fingerprint density at radius 3 is 2.64 bits per heavy atom. The Bertz CT molecular complexity index is 991. The van der Waals surface area contributed by atoms with E-state index in [1.165, 1.54) is 0 Å². The van der Waals surface area contributed by atoms with Crippen LogP contribution < -0.4 is 15.8 Å². The van der Waals surface area contributed by atoms with Crippen molar-refractivity contribution in [3.05, 3.63) is 66.4 Å². The lowest BCUT2D eigenvalue weighted by atomic mass is 10.2. The summed E-state index contributed by atoms with van der Waals surface area (Å²) in [5.74, 6) is 1.33. The number of aromatic nitrogens is 3. The molecule has 2 aromatic carbocycles. The smallest absolute Gasteiger partial charge is 0.300 e. The number of rotatable bonds is 4. The van der Waals surface area contributed by atoms with E-state index in [1.807, 2.05) is 61.5 Å². The second-order valence-electron chi connectivity index (χ2n) is 5.70. The highest BCUT2D eigenvalue weighted by Gasteiger charge is 2.06. The third-order valence-corrected chi connectivity index (χ3v) is 3.91. The second-order valence-corrected chi connectivity index (χ2v) is 5.70. The van der Waals surface area contributed by atoms with E-state index in [-0.39, 0.29) is 0 Å². The van der Waals surface area contributed by atoms with Crippen LogP contribution in [-0.2, 0) is 0 Å². The number of aryl methyl sites for hydroxylation is 1. The summed E-state index contributed by atoms with van der Waals surface area (Å²) in [6.45, 7) is 1.95. The third kappa shape index (κ3) is 3.10. The van der Waals surface area contributed by atoms with E-state index >= 15 is 0 Å². The highest BCUT2D eigenvalue weighted by atomic mass is 16.5. The topological polar surface area (TPSA) is 88.9 Å². The highest BCUT2D eigenvalue weighted by Crippen LogP contribution is 2.26. The molecule has 4 N–H and O–H groups in total. The van der Waals surface area contributed by atoms with Crippen LogP contribution in [0, 0.1) is 6.92 Å². The minimum absolute atomic E-state index is 0.464. The number of H-pyrrole nitrogens is 1. The summed E-state index contributed by atoms with van der Waals surface area (Å²) in [4.78, 5) is 11.8. The van der Waals surface area contributed by atoms with Crippen molar-refractivity contribution in [1.82, 2.24) is 15.0 Å². The van der Waals surface area contributed by atoms with Crippen LogP contribution in [0.3, 0.4) is 0 Å². The van der Waals surface area contributed by atoms with E-state index in [0.717, 1.165) is 22.3 Å². The number of nitrogens with two attached hydrogens (primary N) is 1. The zero-order valence-corrected chi connectivity index (χ0v) is 13.7. The van der Waals surface area contributed by atoms with Crippen molar-refractivity contribution in [2.45, 2.75) is 6.92 Å². The van der Waals surface area contributed by atoms with E-state index in [4.69, 9.17) is 10.5 Å². The molecule has 0 fully saturated rings. The Morgan fingerprint density at radius 2 is 1.84 bits per heavy atom. The Hall–Kier alpha value is -3.54. The number of fused-ring (bicyclic) bond motifs is 1. The maximum absolute atomic E-state index is 6.04. The van der Waals surface area contributed by atoms with Crippen LogP contribution >= 0.6 is 0 Å². The summed E-state index contributed by atoms with van der Waals surface area (Å²) >= 11 is 0. The molecular weight excluding hydrogens is 314 g/mol. The predicted molar refractivity (Wildman–Crippen MR) is 99.3 cm³/mol. The number of pyridine rings is 1. The molecule has 0 amide bonds. The first-order valence-corrected chi connectivity index (χ1v) is 7.90. The first kappa shape index (κ1) is 15.0. The highest BCUT2D eigenvalue weighted by molar-refractivity contribution is 5.75. The van der Waals surface area contributed by atoms with E-state index < -0.39 is 0 Å². The first-order chi connectivity index (χ1) is 12.2. The average Bonchev–Trinajstić information content (AvgIpc) is 3.03. The van der Waals surface area contributed by atoms with Crippen LogP contribution in [0.25, 0.3) is 11.0 Å². The van der Waals surface area contributed by atoms with E-state index in [9.17, 15) is 0 Å². The lowest BCUT2D eigenvalue weighted by molar-refractivity contribution is 0.449. The van der Waals surface area contributed by atoms with Gasteiger partial charge in [0.05, 0.1) is 16.7 Å². The molecule has 2 aromatic heterocycles. The summed E-state index contributed by atoms with van der Waals surface area (Å²) < 4.78 is 5.78. The Labute approximate surface area is 144 Å². The molecule has 0 saturated carbocycles. The van der Waals surface area contributed by atoms with Crippen LogP contribution in [0.1, 0.15) is 5.56 Å². The molecule has 0 atom stereocenters. The molecule has 0 bridgehead atoms. The van der Waals surface area contributed by atoms with E-state index in [1.54, 1.807) is 6.20 Å². The van der Waals surface area contributed by atoms with Crippen LogP contribution in [0.15, 0.2) is 60.8 Å². The molecule has 0 aliphatic heterocycles. The molecule has 6 heteroatoms. The van der Waals surface area contributed by atoms with Gasteiger partial charge in [-0.2, -0.15) is 4.98 Å². The van der Waals surface area contributed by atoms with Gasteiger partial charge in [-0.3, -0.25) is 0 Å². The number of hydrogen-bond acceptors (Lipinski definition) is 5. The summed E-state index contributed by atoms with van der Waals surface area (Å²) in [5.41, 5.74) is 10.4. The van der Waals surface area contributed by atoms with Crippen molar-refractivity contribution in [3.8, 4) is 11.8 Å². The number of aromatic amines is 1. The fourth-order valence-corrected chi connectivity index (χ4v) is 2.50. The maximum Gasteiger partial charge on any atom is 0.300 e. The number of benzene rings is 2. The molecule has 0 saturated heterocycles. The van der Waals surface area contributed by atoms with Gasteiger partial charge in [0.15, 0.2) is 5.82 Å². The summed E-state index contributed by atoms with van der Waals surface area (Å²) in [7, 11) is 0. The van der Waals surface area contributed by atoms with Gasteiger partial charge in [0.2, 0.25) is 0 Å². The van der Waals surface area contributed by atoms with Crippen molar-refractivity contribution in [2.75, 3.05) is 11.1 Å². The van der Waals surface area contributed by atoms with Gasteiger partial charge in [0.25, 0.3) is 6.01 Å². The van der Waals surface area contributed by atoms with Gasteiger partial charge in [-0.05, 0) is 55.0 Å².